The molecule has 2 rings (SSSR count). The quantitative estimate of drug-likeness (QED) is 0.851. The lowest BCUT2D eigenvalue weighted by Crippen LogP contribution is -3.08. The first kappa shape index (κ1) is 17.8. The van der Waals surface area contributed by atoms with Crippen LogP contribution in [0, 0.1) is 13.8 Å². The molecular formula is C18H21Cl2N2O+. The summed E-state index contributed by atoms with van der Waals surface area (Å²) in [6.45, 7) is 5.06. The molecule has 5 heteroatoms. The normalized spacial score (nSPS) is 12.0. The van der Waals surface area contributed by atoms with Gasteiger partial charge in [0.1, 0.15) is 6.54 Å². The molecule has 2 N–H and O–H groups in total. The fourth-order valence-electron chi connectivity index (χ4n) is 2.47. The largest absolute Gasteiger partial charge is 0.326 e. The Balaban J connectivity index is 1.94. The van der Waals surface area contributed by atoms with Gasteiger partial charge in [-0.2, -0.15) is 0 Å². The highest BCUT2D eigenvalue weighted by Crippen LogP contribution is 2.20. The minimum Gasteiger partial charge on any atom is -0.326 e. The summed E-state index contributed by atoms with van der Waals surface area (Å²) in [7, 11) is 1.96. The van der Waals surface area contributed by atoms with E-state index in [1.54, 1.807) is 6.07 Å². The van der Waals surface area contributed by atoms with E-state index in [1.165, 1.54) is 5.56 Å². The number of rotatable bonds is 5. The molecule has 0 aliphatic heterocycles. The zero-order valence-corrected chi connectivity index (χ0v) is 15.1. The molecule has 1 amide bonds. The van der Waals surface area contributed by atoms with Crippen LogP contribution in [0.25, 0.3) is 0 Å². The summed E-state index contributed by atoms with van der Waals surface area (Å²) < 4.78 is 0. The maximum atomic E-state index is 12.2. The molecule has 0 saturated heterocycles. The molecule has 0 spiro atoms. The first-order valence-corrected chi connectivity index (χ1v) is 8.23. The number of likely N-dealkylation sites (N-methyl/N-ethyl adjacent to an activating group) is 1. The van der Waals surface area contributed by atoms with Crippen LogP contribution in [0.4, 0.5) is 5.69 Å². The number of aryl methyl sites for hydroxylation is 2. The molecule has 0 aliphatic carbocycles. The summed E-state index contributed by atoms with van der Waals surface area (Å²) >= 11 is 12.1. The van der Waals surface area contributed by atoms with E-state index in [1.807, 2.05) is 45.2 Å². The Hall–Kier alpha value is -1.55. The molecule has 23 heavy (non-hydrogen) atoms. The van der Waals surface area contributed by atoms with Gasteiger partial charge >= 0.3 is 0 Å². The molecule has 122 valence electrons. The average molecular weight is 352 g/mol. The predicted octanol–water partition coefficient (Wildman–Crippen LogP) is 3.26. The Morgan fingerprint density at radius 1 is 1.13 bits per heavy atom. The molecule has 0 aromatic heterocycles. The maximum Gasteiger partial charge on any atom is 0.279 e. The van der Waals surface area contributed by atoms with Gasteiger partial charge in [-0.25, -0.2) is 0 Å². The van der Waals surface area contributed by atoms with Crippen molar-refractivity contribution in [1.29, 1.82) is 0 Å². The van der Waals surface area contributed by atoms with Gasteiger partial charge in [-0.3, -0.25) is 4.79 Å². The van der Waals surface area contributed by atoms with E-state index < -0.39 is 0 Å². The van der Waals surface area contributed by atoms with Crippen molar-refractivity contribution in [3.05, 3.63) is 63.1 Å². The van der Waals surface area contributed by atoms with Crippen LogP contribution < -0.4 is 10.2 Å². The molecular weight excluding hydrogens is 331 g/mol. The van der Waals surface area contributed by atoms with E-state index in [2.05, 4.69) is 11.4 Å². The molecule has 0 bridgehead atoms. The van der Waals surface area contributed by atoms with Crippen LogP contribution in [-0.4, -0.2) is 19.5 Å². The Kier molecular flexibility index (Phi) is 6.05. The third kappa shape index (κ3) is 5.24. The number of carbonyl (C=O) groups is 1. The van der Waals surface area contributed by atoms with E-state index >= 15 is 0 Å². The second-order valence-corrected chi connectivity index (χ2v) is 6.76. The summed E-state index contributed by atoms with van der Waals surface area (Å²) in [5.41, 5.74) is 4.09. The van der Waals surface area contributed by atoms with Crippen molar-refractivity contribution >= 4 is 34.8 Å². The summed E-state index contributed by atoms with van der Waals surface area (Å²) in [5, 5.41) is 4.21. The number of carbonyl (C=O) groups excluding carboxylic acids is 1. The molecule has 0 fully saturated rings. The van der Waals surface area contributed by atoms with E-state index in [-0.39, 0.29) is 5.91 Å². The van der Waals surface area contributed by atoms with Gasteiger partial charge in [-0.1, -0.05) is 47.0 Å². The van der Waals surface area contributed by atoms with Gasteiger partial charge in [-0.15, -0.1) is 0 Å². The number of amides is 1. The monoisotopic (exact) mass is 351 g/mol. The van der Waals surface area contributed by atoms with Crippen molar-refractivity contribution in [3.8, 4) is 0 Å². The van der Waals surface area contributed by atoms with Crippen LogP contribution in [0.2, 0.25) is 10.0 Å². The van der Waals surface area contributed by atoms with Crippen LogP contribution in [0.3, 0.4) is 0 Å². The van der Waals surface area contributed by atoms with Gasteiger partial charge in [0.25, 0.3) is 5.91 Å². The van der Waals surface area contributed by atoms with E-state index in [0.29, 0.717) is 23.1 Å². The smallest absolute Gasteiger partial charge is 0.279 e. The highest BCUT2D eigenvalue weighted by Gasteiger charge is 2.13. The fraction of sp³-hybridized carbons (Fsp3) is 0.278. The number of anilines is 1. The summed E-state index contributed by atoms with van der Waals surface area (Å²) in [4.78, 5) is 13.3. The van der Waals surface area contributed by atoms with Crippen molar-refractivity contribution in [2.45, 2.75) is 20.4 Å². The van der Waals surface area contributed by atoms with Gasteiger partial charge in [0.15, 0.2) is 6.54 Å². The number of nitrogens with one attached hydrogen (secondary N) is 2. The second-order valence-electron chi connectivity index (χ2n) is 5.91. The van der Waals surface area contributed by atoms with Crippen molar-refractivity contribution in [2.75, 3.05) is 18.9 Å². The van der Waals surface area contributed by atoms with Gasteiger partial charge in [0.05, 0.1) is 12.1 Å². The number of halogens is 2. The number of benzene rings is 2. The summed E-state index contributed by atoms with van der Waals surface area (Å²) in [5.74, 6) is -0.0143. The van der Waals surface area contributed by atoms with Crippen molar-refractivity contribution < 1.29 is 9.69 Å². The summed E-state index contributed by atoms with van der Waals surface area (Å²) in [6.07, 6.45) is 0. The Morgan fingerprint density at radius 3 is 2.52 bits per heavy atom. The first-order chi connectivity index (χ1) is 10.8. The van der Waals surface area contributed by atoms with Crippen LogP contribution in [0.5, 0.6) is 0 Å². The fourth-order valence-corrected chi connectivity index (χ4v) is 2.95. The zero-order valence-electron chi connectivity index (χ0n) is 13.5. The molecule has 2 aromatic rings. The Labute approximate surface area is 147 Å². The predicted molar refractivity (Wildman–Crippen MR) is 96.5 cm³/mol. The lowest BCUT2D eigenvalue weighted by molar-refractivity contribution is -0.885. The van der Waals surface area contributed by atoms with Crippen molar-refractivity contribution in [3.63, 3.8) is 0 Å². The first-order valence-electron chi connectivity index (χ1n) is 7.47. The summed E-state index contributed by atoms with van der Waals surface area (Å²) in [6, 6.07) is 11.4. The number of quaternary nitrogens is 1. The van der Waals surface area contributed by atoms with Crippen molar-refractivity contribution in [2.24, 2.45) is 0 Å². The minimum atomic E-state index is -0.0143. The number of hydrogen-bond acceptors (Lipinski definition) is 1. The maximum absolute atomic E-state index is 12.2. The van der Waals surface area contributed by atoms with Crippen LogP contribution in [0.1, 0.15) is 16.7 Å². The van der Waals surface area contributed by atoms with Crippen molar-refractivity contribution in [1.82, 2.24) is 0 Å². The van der Waals surface area contributed by atoms with Crippen LogP contribution in [0.15, 0.2) is 36.4 Å². The standard InChI is InChI=1S/C18H20Cl2N2O/c1-12-4-7-17(13(2)8-12)21-18(23)11-22(3)10-14-5-6-15(19)9-16(14)20/h4-9H,10-11H2,1-3H3,(H,21,23)/p+1. The molecule has 1 atom stereocenters. The van der Waals surface area contributed by atoms with Gasteiger partial charge in [-0.05, 0) is 37.6 Å². The molecule has 0 saturated carbocycles. The topological polar surface area (TPSA) is 33.5 Å². The van der Waals surface area contributed by atoms with Gasteiger partial charge in [0.2, 0.25) is 0 Å². The third-order valence-electron chi connectivity index (χ3n) is 3.63. The molecule has 0 radical (unpaired) electrons. The van der Waals surface area contributed by atoms with E-state index in [0.717, 1.165) is 21.7 Å². The second kappa shape index (κ2) is 7.82. The molecule has 2 aromatic carbocycles. The SMILES string of the molecule is Cc1ccc(NC(=O)C[NH+](C)Cc2ccc(Cl)cc2Cl)c(C)c1. The van der Waals surface area contributed by atoms with Gasteiger partial charge < -0.3 is 10.2 Å². The van der Waals surface area contributed by atoms with Gasteiger partial charge in [0, 0.05) is 16.3 Å². The lowest BCUT2D eigenvalue weighted by atomic mass is 10.1. The Morgan fingerprint density at radius 2 is 1.87 bits per heavy atom. The van der Waals surface area contributed by atoms with E-state index in [4.69, 9.17) is 23.2 Å². The van der Waals surface area contributed by atoms with Crippen LogP contribution >= 0.6 is 23.2 Å². The molecule has 0 heterocycles. The minimum absolute atomic E-state index is 0.0143. The zero-order chi connectivity index (χ0) is 17.0. The third-order valence-corrected chi connectivity index (χ3v) is 4.21. The molecule has 0 aliphatic rings. The Bertz CT molecular complexity index is 716. The average Bonchev–Trinajstić information content (AvgIpc) is 2.45. The lowest BCUT2D eigenvalue weighted by Gasteiger charge is -2.15. The number of hydrogen-bond donors (Lipinski definition) is 2. The molecule has 1 unspecified atom stereocenters. The highest BCUT2D eigenvalue weighted by molar-refractivity contribution is 6.35. The van der Waals surface area contributed by atoms with Crippen LogP contribution in [-0.2, 0) is 11.3 Å². The highest BCUT2D eigenvalue weighted by atomic mass is 35.5. The van der Waals surface area contributed by atoms with E-state index in [9.17, 15) is 4.79 Å². The molecule has 3 nitrogen and oxygen atoms in total.